The number of nitrogens with two attached hydrogens (primary N) is 1. The summed E-state index contributed by atoms with van der Waals surface area (Å²) in [6.07, 6.45) is -0.194. The molecule has 0 aliphatic rings. The summed E-state index contributed by atoms with van der Waals surface area (Å²) >= 11 is 11.6. The molecular weight excluding hydrogens is 296 g/mol. The molecule has 0 saturated carbocycles. The summed E-state index contributed by atoms with van der Waals surface area (Å²) in [5.41, 5.74) is 6.27. The van der Waals surface area contributed by atoms with Crippen molar-refractivity contribution < 1.29 is 10.2 Å². The Kier molecular flexibility index (Phi) is 7.33. The lowest BCUT2D eigenvalue weighted by Gasteiger charge is -2.22. The Balaban J connectivity index is 0.00000289. The van der Waals surface area contributed by atoms with Crippen LogP contribution in [-0.2, 0) is 0 Å². The molecule has 0 fully saturated rings. The second kappa shape index (κ2) is 7.41. The van der Waals surface area contributed by atoms with E-state index in [4.69, 9.17) is 28.9 Å². The maximum absolute atomic E-state index is 9.93. The molecule has 0 bridgehead atoms. The van der Waals surface area contributed by atoms with Gasteiger partial charge < -0.3 is 15.9 Å². The van der Waals surface area contributed by atoms with E-state index in [0.29, 0.717) is 22.9 Å². The number of hydrogen-bond donors (Lipinski definition) is 3. The Bertz CT molecular complexity index is 399. The molecule has 0 aromatic heterocycles. The summed E-state index contributed by atoms with van der Waals surface area (Å²) in [6, 6.07) is 2.26. The quantitative estimate of drug-likeness (QED) is 0.796. The average molecular weight is 315 g/mol. The number of rotatable bonds is 4. The number of halogens is 3. The molecule has 18 heavy (non-hydrogen) atoms. The van der Waals surface area contributed by atoms with Crippen LogP contribution in [0.25, 0.3) is 0 Å². The van der Waals surface area contributed by atoms with Gasteiger partial charge in [0.15, 0.2) is 0 Å². The molecule has 6 heteroatoms. The molecule has 4 N–H and O–H groups in total. The van der Waals surface area contributed by atoms with Gasteiger partial charge in [-0.2, -0.15) is 0 Å². The first-order valence-corrected chi connectivity index (χ1v) is 6.20. The standard InChI is InChI=1S/C12H17Cl2NO2.ClH/c1-6(2)3-10(16)11(15)8-4-7(13)5-9(14)12(8)17;/h4-6,10-11,16-17H,3,15H2,1-2H3;1H/t10-,11+;/m0./s1. The first-order chi connectivity index (χ1) is 7.82. The molecule has 0 spiro atoms. The lowest BCUT2D eigenvalue weighted by molar-refractivity contribution is 0.120. The summed E-state index contributed by atoms with van der Waals surface area (Å²) < 4.78 is 0. The van der Waals surface area contributed by atoms with Crippen LogP contribution in [0.2, 0.25) is 10.0 Å². The largest absolute Gasteiger partial charge is 0.506 e. The maximum Gasteiger partial charge on any atom is 0.139 e. The van der Waals surface area contributed by atoms with Crippen LogP contribution in [0.5, 0.6) is 5.75 Å². The van der Waals surface area contributed by atoms with Gasteiger partial charge in [-0.1, -0.05) is 37.0 Å². The number of aromatic hydroxyl groups is 1. The summed E-state index contributed by atoms with van der Waals surface area (Å²) in [7, 11) is 0. The first kappa shape index (κ1) is 17.8. The van der Waals surface area contributed by atoms with E-state index >= 15 is 0 Å². The molecule has 0 aliphatic carbocycles. The van der Waals surface area contributed by atoms with E-state index in [9.17, 15) is 10.2 Å². The van der Waals surface area contributed by atoms with Crippen LogP contribution < -0.4 is 5.73 Å². The second-order valence-electron chi connectivity index (χ2n) is 4.55. The van der Waals surface area contributed by atoms with E-state index in [-0.39, 0.29) is 23.2 Å². The molecule has 0 saturated heterocycles. The van der Waals surface area contributed by atoms with Gasteiger partial charge in [-0.25, -0.2) is 0 Å². The Labute approximate surface area is 123 Å². The lowest BCUT2D eigenvalue weighted by atomic mass is 9.95. The summed E-state index contributed by atoms with van der Waals surface area (Å²) in [5, 5.41) is 20.2. The zero-order valence-electron chi connectivity index (χ0n) is 10.2. The Hall–Kier alpha value is -0.190. The molecule has 0 heterocycles. The van der Waals surface area contributed by atoms with Gasteiger partial charge in [0.25, 0.3) is 0 Å². The van der Waals surface area contributed by atoms with Crippen LogP contribution in [0, 0.1) is 5.92 Å². The predicted octanol–water partition coefficient (Wildman–Crippen LogP) is 3.53. The van der Waals surface area contributed by atoms with Gasteiger partial charge in [0, 0.05) is 10.6 Å². The van der Waals surface area contributed by atoms with Gasteiger partial charge in [0.05, 0.1) is 17.2 Å². The molecule has 2 atom stereocenters. The summed E-state index contributed by atoms with van der Waals surface area (Å²) in [6.45, 7) is 3.97. The summed E-state index contributed by atoms with van der Waals surface area (Å²) in [4.78, 5) is 0. The average Bonchev–Trinajstić information content (AvgIpc) is 2.21. The second-order valence-corrected chi connectivity index (χ2v) is 5.39. The van der Waals surface area contributed by atoms with E-state index < -0.39 is 12.1 Å². The summed E-state index contributed by atoms with van der Waals surface area (Å²) in [5.74, 6) is 0.194. The van der Waals surface area contributed by atoms with Crippen molar-refractivity contribution in [3.05, 3.63) is 27.7 Å². The number of aliphatic hydroxyl groups is 1. The van der Waals surface area contributed by atoms with E-state index in [1.807, 2.05) is 13.8 Å². The van der Waals surface area contributed by atoms with Gasteiger partial charge in [0.1, 0.15) is 5.75 Å². The first-order valence-electron chi connectivity index (χ1n) is 5.44. The Morgan fingerprint density at radius 3 is 2.33 bits per heavy atom. The van der Waals surface area contributed by atoms with Gasteiger partial charge in [0.2, 0.25) is 0 Å². The fraction of sp³-hybridized carbons (Fsp3) is 0.500. The number of phenols is 1. The van der Waals surface area contributed by atoms with Crippen molar-refractivity contribution in [2.24, 2.45) is 11.7 Å². The molecule has 3 nitrogen and oxygen atoms in total. The monoisotopic (exact) mass is 313 g/mol. The van der Waals surface area contributed by atoms with E-state index in [2.05, 4.69) is 0 Å². The zero-order valence-corrected chi connectivity index (χ0v) is 12.6. The highest BCUT2D eigenvalue weighted by Crippen LogP contribution is 2.35. The van der Waals surface area contributed by atoms with Crippen molar-refractivity contribution in [1.29, 1.82) is 0 Å². The van der Waals surface area contributed by atoms with Gasteiger partial charge >= 0.3 is 0 Å². The molecule has 1 rings (SSSR count). The Morgan fingerprint density at radius 2 is 1.83 bits per heavy atom. The molecule has 104 valence electrons. The lowest BCUT2D eigenvalue weighted by Crippen LogP contribution is -2.27. The molecule has 1 aromatic rings. The van der Waals surface area contributed by atoms with Gasteiger partial charge in [-0.05, 0) is 24.5 Å². The van der Waals surface area contributed by atoms with Crippen molar-refractivity contribution in [2.45, 2.75) is 32.4 Å². The molecule has 0 amide bonds. The van der Waals surface area contributed by atoms with Crippen LogP contribution in [0.15, 0.2) is 12.1 Å². The SMILES string of the molecule is CC(C)C[C@H](O)[C@H](N)c1cc(Cl)cc(Cl)c1O.Cl. The van der Waals surface area contributed by atoms with Crippen LogP contribution in [0.3, 0.4) is 0 Å². The van der Waals surface area contributed by atoms with Crippen molar-refractivity contribution in [3.8, 4) is 5.75 Å². The minimum absolute atomic E-state index is 0. The highest BCUT2D eigenvalue weighted by atomic mass is 35.5. The Morgan fingerprint density at radius 1 is 1.28 bits per heavy atom. The predicted molar refractivity (Wildman–Crippen MR) is 77.8 cm³/mol. The number of phenolic OH excluding ortho intramolecular Hbond substituents is 1. The fourth-order valence-electron chi connectivity index (χ4n) is 1.68. The molecule has 0 unspecified atom stereocenters. The van der Waals surface area contributed by atoms with Crippen LogP contribution in [0.4, 0.5) is 0 Å². The van der Waals surface area contributed by atoms with Crippen LogP contribution in [-0.4, -0.2) is 16.3 Å². The molecule has 0 aliphatic heterocycles. The maximum atomic E-state index is 9.93. The molecule has 0 radical (unpaired) electrons. The van der Waals surface area contributed by atoms with E-state index in [1.165, 1.54) is 12.1 Å². The number of hydrogen-bond acceptors (Lipinski definition) is 3. The van der Waals surface area contributed by atoms with Crippen molar-refractivity contribution in [2.75, 3.05) is 0 Å². The van der Waals surface area contributed by atoms with Crippen molar-refractivity contribution in [1.82, 2.24) is 0 Å². The normalized spacial score (nSPS) is 14.2. The fourth-order valence-corrected chi connectivity index (χ4v) is 2.19. The number of aliphatic hydroxyl groups excluding tert-OH is 1. The zero-order chi connectivity index (χ0) is 13.2. The topological polar surface area (TPSA) is 66.5 Å². The van der Waals surface area contributed by atoms with Crippen LogP contribution >= 0.6 is 35.6 Å². The molecule has 1 aromatic carbocycles. The minimum Gasteiger partial charge on any atom is -0.506 e. The number of benzene rings is 1. The van der Waals surface area contributed by atoms with E-state index in [0.717, 1.165) is 0 Å². The third-order valence-electron chi connectivity index (χ3n) is 2.54. The van der Waals surface area contributed by atoms with Crippen molar-refractivity contribution in [3.63, 3.8) is 0 Å². The highest BCUT2D eigenvalue weighted by molar-refractivity contribution is 6.35. The van der Waals surface area contributed by atoms with Crippen LogP contribution in [0.1, 0.15) is 31.9 Å². The third kappa shape index (κ3) is 4.48. The minimum atomic E-state index is -0.740. The van der Waals surface area contributed by atoms with Gasteiger partial charge in [-0.3, -0.25) is 0 Å². The smallest absolute Gasteiger partial charge is 0.139 e. The molecular formula is C12H18Cl3NO2. The van der Waals surface area contributed by atoms with Gasteiger partial charge in [-0.15, -0.1) is 12.4 Å². The highest BCUT2D eigenvalue weighted by Gasteiger charge is 2.22. The van der Waals surface area contributed by atoms with E-state index in [1.54, 1.807) is 0 Å². The van der Waals surface area contributed by atoms with Crippen molar-refractivity contribution >= 4 is 35.6 Å². The third-order valence-corrected chi connectivity index (χ3v) is 3.05.